The third kappa shape index (κ3) is 3.84. The summed E-state index contributed by atoms with van der Waals surface area (Å²) < 4.78 is 39.0. The topological polar surface area (TPSA) is 63.4 Å². The second-order valence-corrected chi connectivity index (χ2v) is 7.29. The maximum absolute atomic E-state index is 13.0. The van der Waals surface area contributed by atoms with Gasteiger partial charge in [0.15, 0.2) is 0 Å². The molecule has 2 N–H and O–H groups in total. The molecule has 0 bridgehead atoms. The number of nitrogens with two attached hydrogens (primary N) is 1. The maximum Gasteiger partial charge on any atom is 0.245 e. The van der Waals surface area contributed by atoms with E-state index in [9.17, 15) is 12.8 Å². The van der Waals surface area contributed by atoms with Crippen molar-refractivity contribution in [2.45, 2.75) is 24.3 Å². The van der Waals surface area contributed by atoms with Crippen molar-refractivity contribution in [3.63, 3.8) is 0 Å². The summed E-state index contributed by atoms with van der Waals surface area (Å²) in [6, 6.07) is 3.19. The Labute approximate surface area is 118 Å². The molecule has 1 aromatic carbocycles. The summed E-state index contributed by atoms with van der Waals surface area (Å²) in [6.07, 6.45) is 2.72. The average molecular weight is 306 g/mol. The molecule has 108 valence electrons. The summed E-state index contributed by atoms with van der Waals surface area (Å²) in [6.45, 7) is 1.84. The van der Waals surface area contributed by atoms with Crippen LogP contribution in [0.2, 0.25) is 0 Å². The molecule has 0 aromatic heterocycles. The molecule has 0 aliphatic rings. The Morgan fingerprint density at radius 3 is 2.63 bits per heavy atom. The van der Waals surface area contributed by atoms with Crippen LogP contribution in [0.1, 0.15) is 13.3 Å². The Balaban J connectivity index is 3.02. The van der Waals surface area contributed by atoms with Crippen LogP contribution >= 0.6 is 11.8 Å². The van der Waals surface area contributed by atoms with Gasteiger partial charge in [-0.1, -0.05) is 0 Å². The first kappa shape index (κ1) is 16.3. The maximum atomic E-state index is 13.0. The number of rotatable bonds is 6. The molecule has 0 radical (unpaired) electrons. The number of halogens is 1. The first-order chi connectivity index (χ1) is 8.80. The van der Waals surface area contributed by atoms with E-state index in [2.05, 4.69) is 0 Å². The molecule has 0 saturated carbocycles. The smallest absolute Gasteiger partial charge is 0.245 e. The molecule has 1 rings (SSSR count). The van der Waals surface area contributed by atoms with Crippen molar-refractivity contribution in [3.05, 3.63) is 24.0 Å². The Morgan fingerprint density at radius 1 is 1.47 bits per heavy atom. The molecule has 7 heteroatoms. The first-order valence-corrected chi connectivity index (χ1v) is 8.66. The van der Waals surface area contributed by atoms with Gasteiger partial charge in [0.1, 0.15) is 10.7 Å². The normalized spacial score (nSPS) is 13.7. The van der Waals surface area contributed by atoms with Gasteiger partial charge in [0.25, 0.3) is 0 Å². The van der Waals surface area contributed by atoms with Crippen molar-refractivity contribution < 1.29 is 12.8 Å². The Morgan fingerprint density at radius 2 is 2.11 bits per heavy atom. The SMILES string of the molecule is CSCCC(C)N(C)S(=O)(=O)c1ccc(F)cc1N. The number of hydrogen-bond donors (Lipinski definition) is 1. The molecule has 1 aromatic rings. The molecule has 0 aliphatic carbocycles. The third-order valence-electron chi connectivity index (χ3n) is 2.99. The molecular formula is C12H19FN2O2S2. The second-order valence-electron chi connectivity index (χ2n) is 4.33. The number of thioether (sulfide) groups is 1. The number of hydrogen-bond acceptors (Lipinski definition) is 4. The lowest BCUT2D eigenvalue weighted by Gasteiger charge is -2.24. The van der Waals surface area contributed by atoms with E-state index in [4.69, 9.17) is 5.73 Å². The van der Waals surface area contributed by atoms with Crippen LogP contribution in [0.15, 0.2) is 23.1 Å². The van der Waals surface area contributed by atoms with Gasteiger partial charge in [-0.2, -0.15) is 16.1 Å². The predicted molar refractivity (Wildman–Crippen MR) is 78.2 cm³/mol. The number of nitrogen functional groups attached to an aromatic ring is 1. The zero-order valence-corrected chi connectivity index (χ0v) is 12.9. The minimum atomic E-state index is -3.68. The van der Waals surface area contributed by atoms with Crippen LogP contribution in [0, 0.1) is 5.82 Å². The van der Waals surface area contributed by atoms with Gasteiger partial charge in [0, 0.05) is 13.1 Å². The molecular weight excluding hydrogens is 287 g/mol. The van der Waals surface area contributed by atoms with Gasteiger partial charge in [-0.3, -0.25) is 0 Å². The van der Waals surface area contributed by atoms with Crippen molar-refractivity contribution in [3.8, 4) is 0 Å². The van der Waals surface area contributed by atoms with E-state index in [0.717, 1.165) is 24.3 Å². The van der Waals surface area contributed by atoms with Crippen LogP contribution < -0.4 is 5.73 Å². The molecule has 19 heavy (non-hydrogen) atoms. The lowest BCUT2D eigenvalue weighted by atomic mass is 10.3. The van der Waals surface area contributed by atoms with Crippen molar-refractivity contribution >= 4 is 27.5 Å². The van der Waals surface area contributed by atoms with Crippen LogP contribution in [-0.4, -0.2) is 37.8 Å². The lowest BCUT2D eigenvalue weighted by Crippen LogP contribution is -2.35. The highest BCUT2D eigenvalue weighted by Gasteiger charge is 2.27. The number of nitrogens with zero attached hydrogens (tertiary/aromatic N) is 1. The molecule has 0 aliphatic heterocycles. The van der Waals surface area contributed by atoms with Crippen LogP contribution in [0.3, 0.4) is 0 Å². The Bertz CT molecular complexity index is 535. The fraction of sp³-hybridized carbons (Fsp3) is 0.500. The monoisotopic (exact) mass is 306 g/mol. The third-order valence-corrected chi connectivity index (χ3v) is 5.68. The molecule has 0 heterocycles. The minimum Gasteiger partial charge on any atom is -0.398 e. The van der Waals surface area contributed by atoms with Crippen LogP contribution in [-0.2, 0) is 10.0 Å². The molecule has 0 amide bonds. The highest BCUT2D eigenvalue weighted by Crippen LogP contribution is 2.24. The van der Waals surface area contributed by atoms with E-state index in [1.807, 2.05) is 13.2 Å². The number of anilines is 1. The molecule has 0 spiro atoms. The predicted octanol–water partition coefficient (Wildman–Crippen LogP) is 2.17. The van der Waals surface area contributed by atoms with Gasteiger partial charge in [0.2, 0.25) is 10.0 Å². The number of benzene rings is 1. The van der Waals surface area contributed by atoms with Crippen LogP contribution in [0.25, 0.3) is 0 Å². The van der Waals surface area contributed by atoms with Gasteiger partial charge < -0.3 is 5.73 Å². The molecule has 1 atom stereocenters. The summed E-state index contributed by atoms with van der Waals surface area (Å²) in [5.74, 6) is 0.328. The largest absolute Gasteiger partial charge is 0.398 e. The van der Waals surface area contributed by atoms with Gasteiger partial charge in [0.05, 0.1) is 5.69 Å². The average Bonchev–Trinajstić information content (AvgIpc) is 2.34. The van der Waals surface area contributed by atoms with Crippen LogP contribution in [0.5, 0.6) is 0 Å². The first-order valence-electron chi connectivity index (χ1n) is 5.82. The second kappa shape index (κ2) is 6.58. The summed E-state index contributed by atoms with van der Waals surface area (Å²) >= 11 is 1.66. The zero-order chi connectivity index (χ0) is 14.6. The lowest BCUT2D eigenvalue weighted by molar-refractivity contribution is 0.382. The van der Waals surface area contributed by atoms with Gasteiger partial charge in [-0.15, -0.1) is 0 Å². The van der Waals surface area contributed by atoms with E-state index < -0.39 is 15.8 Å². The summed E-state index contributed by atoms with van der Waals surface area (Å²) in [5, 5.41) is 0. The molecule has 0 saturated heterocycles. The fourth-order valence-corrected chi connectivity index (χ4v) is 3.68. The van der Waals surface area contributed by atoms with Crippen LogP contribution in [0.4, 0.5) is 10.1 Å². The van der Waals surface area contributed by atoms with Gasteiger partial charge >= 0.3 is 0 Å². The summed E-state index contributed by atoms with van der Waals surface area (Å²) in [7, 11) is -2.17. The molecule has 0 fully saturated rings. The standard InChI is InChI=1S/C12H19FN2O2S2/c1-9(6-7-18-3)15(2)19(16,17)12-5-4-10(13)8-11(12)14/h4-5,8-9H,6-7,14H2,1-3H3. The van der Waals surface area contributed by atoms with Gasteiger partial charge in [-0.25, -0.2) is 12.8 Å². The number of sulfonamides is 1. The quantitative estimate of drug-likeness (QED) is 0.818. The van der Waals surface area contributed by atoms with Crippen molar-refractivity contribution in [1.29, 1.82) is 0 Å². The summed E-state index contributed by atoms with van der Waals surface area (Å²) in [4.78, 5) is -0.0487. The zero-order valence-electron chi connectivity index (χ0n) is 11.3. The van der Waals surface area contributed by atoms with Crippen molar-refractivity contribution in [1.82, 2.24) is 4.31 Å². The fourth-order valence-electron chi connectivity index (χ4n) is 1.62. The Kier molecular flexibility index (Phi) is 5.64. The van der Waals surface area contributed by atoms with Crippen molar-refractivity contribution in [2.24, 2.45) is 0 Å². The minimum absolute atomic E-state index is 0.0487. The highest BCUT2D eigenvalue weighted by atomic mass is 32.2. The van der Waals surface area contributed by atoms with E-state index in [1.54, 1.807) is 11.8 Å². The van der Waals surface area contributed by atoms with E-state index in [-0.39, 0.29) is 16.6 Å². The van der Waals surface area contributed by atoms with Crippen molar-refractivity contribution in [2.75, 3.05) is 24.8 Å². The van der Waals surface area contributed by atoms with Gasteiger partial charge in [-0.05, 0) is 43.6 Å². The van der Waals surface area contributed by atoms with E-state index in [0.29, 0.717) is 0 Å². The van der Waals surface area contributed by atoms with E-state index >= 15 is 0 Å². The highest BCUT2D eigenvalue weighted by molar-refractivity contribution is 7.98. The summed E-state index contributed by atoms with van der Waals surface area (Å²) in [5.41, 5.74) is 5.53. The molecule has 4 nitrogen and oxygen atoms in total. The van der Waals surface area contributed by atoms with E-state index in [1.165, 1.54) is 17.4 Å². The molecule has 1 unspecified atom stereocenters. The Hall–Kier alpha value is -0.790.